The summed E-state index contributed by atoms with van der Waals surface area (Å²) >= 11 is 0. The van der Waals surface area contributed by atoms with Gasteiger partial charge in [-0.25, -0.2) is 23.1 Å². The predicted molar refractivity (Wildman–Crippen MR) is 77.4 cm³/mol. The Morgan fingerprint density at radius 1 is 1.35 bits per heavy atom. The van der Waals surface area contributed by atoms with Crippen LogP contribution in [0.25, 0.3) is 0 Å². The molecule has 1 aromatic rings. The number of aromatic nitrogens is 2. The fourth-order valence-electron chi connectivity index (χ4n) is 2.77. The minimum Gasteiger partial charge on any atom is -0.368 e. The average Bonchev–Trinajstić information content (AvgIpc) is 2.39. The highest BCUT2D eigenvalue weighted by Crippen LogP contribution is 2.30. The van der Waals surface area contributed by atoms with Gasteiger partial charge in [0.2, 0.25) is 16.0 Å². The standard InChI is InChI=1S/C13H22N4O2S/c1-10-3-2-4-11(7-10)5-6-17-20(18,19)12-8-15-13(14)16-9-12/h8-11,17H,2-7H2,1H3,(H2,14,15,16). The minimum absolute atomic E-state index is 0.0590. The lowest BCUT2D eigenvalue weighted by Crippen LogP contribution is -2.27. The van der Waals surface area contributed by atoms with Crippen molar-refractivity contribution >= 4 is 16.0 Å². The topological polar surface area (TPSA) is 98.0 Å². The summed E-state index contributed by atoms with van der Waals surface area (Å²) in [7, 11) is -3.52. The lowest BCUT2D eigenvalue weighted by molar-refractivity contribution is 0.271. The quantitative estimate of drug-likeness (QED) is 0.859. The van der Waals surface area contributed by atoms with E-state index in [2.05, 4.69) is 21.6 Å². The number of nitrogen functional groups attached to an aromatic ring is 1. The van der Waals surface area contributed by atoms with E-state index in [0.717, 1.165) is 12.3 Å². The van der Waals surface area contributed by atoms with Gasteiger partial charge >= 0.3 is 0 Å². The molecule has 20 heavy (non-hydrogen) atoms. The van der Waals surface area contributed by atoms with Gasteiger partial charge in [0.25, 0.3) is 0 Å². The third-order valence-corrected chi connectivity index (χ3v) is 5.26. The Labute approximate surface area is 120 Å². The van der Waals surface area contributed by atoms with Crippen molar-refractivity contribution in [2.75, 3.05) is 12.3 Å². The van der Waals surface area contributed by atoms with E-state index in [1.54, 1.807) is 0 Å². The van der Waals surface area contributed by atoms with Crippen LogP contribution in [0.5, 0.6) is 0 Å². The van der Waals surface area contributed by atoms with Crippen LogP contribution in [0.2, 0.25) is 0 Å². The number of anilines is 1. The van der Waals surface area contributed by atoms with Crippen LogP contribution in [-0.2, 0) is 10.0 Å². The molecule has 112 valence electrons. The normalized spacial score (nSPS) is 23.6. The van der Waals surface area contributed by atoms with Gasteiger partial charge in [-0.15, -0.1) is 0 Å². The van der Waals surface area contributed by atoms with Crippen molar-refractivity contribution in [2.24, 2.45) is 11.8 Å². The van der Waals surface area contributed by atoms with Crippen molar-refractivity contribution in [3.05, 3.63) is 12.4 Å². The van der Waals surface area contributed by atoms with E-state index >= 15 is 0 Å². The molecule has 7 heteroatoms. The molecule has 0 radical (unpaired) electrons. The molecule has 2 unspecified atom stereocenters. The molecule has 1 fully saturated rings. The first-order valence-electron chi connectivity index (χ1n) is 7.04. The molecule has 1 saturated carbocycles. The van der Waals surface area contributed by atoms with Gasteiger partial charge in [0, 0.05) is 6.54 Å². The Morgan fingerprint density at radius 3 is 2.70 bits per heavy atom. The first kappa shape index (κ1) is 15.2. The summed E-state index contributed by atoms with van der Waals surface area (Å²) in [6, 6.07) is 0. The Balaban J connectivity index is 1.85. The molecule has 0 bridgehead atoms. The molecular formula is C13H22N4O2S. The second kappa shape index (κ2) is 6.49. The van der Waals surface area contributed by atoms with Gasteiger partial charge < -0.3 is 5.73 Å². The van der Waals surface area contributed by atoms with Gasteiger partial charge in [0.15, 0.2) is 0 Å². The number of sulfonamides is 1. The van der Waals surface area contributed by atoms with Crippen LogP contribution in [0, 0.1) is 11.8 Å². The molecule has 1 aliphatic rings. The van der Waals surface area contributed by atoms with Crippen LogP contribution in [0.1, 0.15) is 39.0 Å². The summed E-state index contributed by atoms with van der Waals surface area (Å²) in [6.07, 6.45) is 8.30. The van der Waals surface area contributed by atoms with Crippen LogP contribution in [0.15, 0.2) is 17.3 Å². The van der Waals surface area contributed by atoms with Crippen molar-refractivity contribution in [1.29, 1.82) is 0 Å². The van der Waals surface area contributed by atoms with Crippen LogP contribution in [-0.4, -0.2) is 24.9 Å². The molecule has 6 nitrogen and oxygen atoms in total. The third kappa shape index (κ3) is 4.14. The highest BCUT2D eigenvalue weighted by atomic mass is 32.2. The summed E-state index contributed by atoms with van der Waals surface area (Å²) in [5.74, 6) is 1.46. The first-order valence-corrected chi connectivity index (χ1v) is 8.53. The van der Waals surface area contributed by atoms with Gasteiger partial charge in [-0.1, -0.05) is 26.2 Å². The average molecular weight is 298 g/mol. The highest BCUT2D eigenvalue weighted by Gasteiger charge is 2.20. The maximum atomic E-state index is 12.0. The van der Waals surface area contributed by atoms with Gasteiger partial charge in [-0.05, 0) is 24.7 Å². The lowest BCUT2D eigenvalue weighted by atomic mass is 9.81. The fourth-order valence-corrected chi connectivity index (χ4v) is 3.70. The van der Waals surface area contributed by atoms with E-state index in [1.165, 1.54) is 38.1 Å². The van der Waals surface area contributed by atoms with Crippen LogP contribution < -0.4 is 10.5 Å². The number of nitrogens with two attached hydrogens (primary N) is 1. The van der Waals surface area contributed by atoms with Crippen molar-refractivity contribution < 1.29 is 8.42 Å². The molecule has 3 N–H and O–H groups in total. The number of nitrogens with zero attached hydrogens (tertiary/aromatic N) is 2. The summed E-state index contributed by atoms with van der Waals surface area (Å²) in [5.41, 5.74) is 5.34. The second-order valence-corrected chi connectivity index (χ2v) is 7.37. The lowest BCUT2D eigenvalue weighted by Gasteiger charge is -2.26. The maximum Gasteiger partial charge on any atom is 0.243 e. The zero-order chi connectivity index (χ0) is 14.6. The number of rotatable bonds is 5. The molecule has 1 heterocycles. The van der Waals surface area contributed by atoms with Gasteiger partial charge in [0.1, 0.15) is 4.90 Å². The van der Waals surface area contributed by atoms with E-state index in [9.17, 15) is 8.42 Å². The molecule has 0 spiro atoms. The van der Waals surface area contributed by atoms with Crippen LogP contribution >= 0.6 is 0 Å². The molecule has 0 aromatic carbocycles. The van der Waals surface area contributed by atoms with Crippen LogP contribution in [0.4, 0.5) is 5.95 Å². The SMILES string of the molecule is CC1CCCC(CCNS(=O)(=O)c2cnc(N)nc2)C1. The van der Waals surface area contributed by atoms with E-state index in [4.69, 9.17) is 5.73 Å². The monoisotopic (exact) mass is 298 g/mol. The Bertz CT molecular complexity index is 530. The van der Waals surface area contributed by atoms with Gasteiger partial charge in [-0.3, -0.25) is 0 Å². The second-order valence-electron chi connectivity index (χ2n) is 5.60. The van der Waals surface area contributed by atoms with E-state index in [-0.39, 0.29) is 10.8 Å². The van der Waals surface area contributed by atoms with Crippen molar-refractivity contribution in [3.8, 4) is 0 Å². The Morgan fingerprint density at radius 2 is 2.05 bits per heavy atom. The van der Waals surface area contributed by atoms with Crippen molar-refractivity contribution in [2.45, 2.75) is 43.9 Å². The Kier molecular flexibility index (Phi) is 4.93. The first-order chi connectivity index (χ1) is 9.47. The third-order valence-electron chi connectivity index (χ3n) is 3.85. The summed E-state index contributed by atoms with van der Waals surface area (Å²) in [4.78, 5) is 7.46. The predicted octanol–water partition coefficient (Wildman–Crippen LogP) is 1.55. The van der Waals surface area contributed by atoms with E-state index in [0.29, 0.717) is 12.5 Å². The highest BCUT2D eigenvalue weighted by molar-refractivity contribution is 7.89. The molecule has 2 rings (SSSR count). The number of nitrogens with one attached hydrogen (secondary N) is 1. The zero-order valence-electron chi connectivity index (χ0n) is 11.7. The minimum atomic E-state index is -3.52. The fraction of sp³-hybridized carbons (Fsp3) is 0.692. The zero-order valence-corrected chi connectivity index (χ0v) is 12.6. The molecule has 0 aliphatic heterocycles. The maximum absolute atomic E-state index is 12.0. The molecular weight excluding hydrogens is 276 g/mol. The van der Waals surface area contributed by atoms with Gasteiger partial charge in [0.05, 0.1) is 12.4 Å². The molecule has 2 atom stereocenters. The summed E-state index contributed by atoms with van der Waals surface area (Å²) < 4.78 is 26.6. The number of hydrogen-bond donors (Lipinski definition) is 2. The largest absolute Gasteiger partial charge is 0.368 e. The van der Waals surface area contributed by atoms with E-state index in [1.807, 2.05) is 0 Å². The van der Waals surface area contributed by atoms with Crippen molar-refractivity contribution in [1.82, 2.24) is 14.7 Å². The van der Waals surface area contributed by atoms with Gasteiger partial charge in [-0.2, -0.15) is 0 Å². The van der Waals surface area contributed by atoms with E-state index < -0.39 is 10.0 Å². The van der Waals surface area contributed by atoms with Crippen molar-refractivity contribution in [3.63, 3.8) is 0 Å². The summed E-state index contributed by atoms with van der Waals surface area (Å²) in [6.45, 7) is 2.73. The van der Waals surface area contributed by atoms with Crippen LogP contribution in [0.3, 0.4) is 0 Å². The summed E-state index contributed by atoms with van der Waals surface area (Å²) in [5, 5.41) is 0. The Hall–Kier alpha value is -1.21. The molecule has 1 aliphatic carbocycles. The molecule has 0 saturated heterocycles. The molecule has 1 aromatic heterocycles. The number of hydrogen-bond acceptors (Lipinski definition) is 5. The smallest absolute Gasteiger partial charge is 0.243 e. The molecule has 0 amide bonds.